The number of hydrogen-bond donors (Lipinski definition) is 2. The van der Waals surface area contributed by atoms with Gasteiger partial charge in [0.1, 0.15) is 11.1 Å². The van der Waals surface area contributed by atoms with Crippen LogP contribution in [0.4, 0.5) is 4.79 Å². The lowest BCUT2D eigenvalue weighted by Crippen LogP contribution is -2.59. The Bertz CT molecular complexity index is 567. The topological polar surface area (TPSA) is 105 Å². The Hall–Kier alpha value is -2.09. The number of aliphatic hydroxyl groups excluding tert-OH is 1. The summed E-state index contributed by atoms with van der Waals surface area (Å²) in [4.78, 5) is 38.3. The maximum absolute atomic E-state index is 12.8. The first kappa shape index (κ1) is 18.3. The highest BCUT2D eigenvalue weighted by atomic mass is 16.6. The molecule has 2 aliphatic heterocycles. The fraction of sp³-hybridized carbons (Fsp3) is 0.688. The lowest BCUT2D eigenvalue weighted by atomic mass is 9.92. The summed E-state index contributed by atoms with van der Waals surface area (Å²) < 4.78 is 9.95. The normalized spacial score (nSPS) is 26.2. The van der Waals surface area contributed by atoms with Crippen molar-refractivity contribution in [3.05, 3.63) is 12.2 Å². The number of nitrogens with one attached hydrogen (secondary N) is 1. The van der Waals surface area contributed by atoms with Crippen molar-refractivity contribution in [1.29, 1.82) is 0 Å². The third-order valence-electron chi connectivity index (χ3n) is 4.13. The number of esters is 1. The number of hydrogen-bond acceptors (Lipinski definition) is 6. The van der Waals surface area contributed by atoms with E-state index in [9.17, 15) is 19.5 Å². The number of amides is 2. The lowest BCUT2D eigenvalue weighted by molar-refractivity contribution is -0.147. The van der Waals surface area contributed by atoms with Gasteiger partial charge in [0.15, 0.2) is 6.04 Å². The molecule has 2 aliphatic rings. The molecule has 8 nitrogen and oxygen atoms in total. The van der Waals surface area contributed by atoms with Crippen molar-refractivity contribution in [3.8, 4) is 0 Å². The van der Waals surface area contributed by atoms with Crippen molar-refractivity contribution in [2.24, 2.45) is 0 Å². The number of methoxy groups -OCH3 is 1. The van der Waals surface area contributed by atoms with Crippen LogP contribution in [0, 0.1) is 0 Å². The van der Waals surface area contributed by atoms with Crippen LogP contribution >= 0.6 is 0 Å². The largest absolute Gasteiger partial charge is 0.467 e. The van der Waals surface area contributed by atoms with Gasteiger partial charge in [-0.05, 0) is 33.6 Å². The number of ether oxygens (including phenoxy) is 2. The first-order chi connectivity index (χ1) is 11.1. The first-order valence-electron chi connectivity index (χ1n) is 7.86. The number of fused-ring (bicyclic) bond motifs is 2. The number of carbonyl (C=O) groups is 3. The zero-order valence-electron chi connectivity index (χ0n) is 14.4. The molecule has 134 valence electrons. The maximum Gasteiger partial charge on any atom is 0.411 e. The van der Waals surface area contributed by atoms with Gasteiger partial charge in [-0.25, -0.2) is 9.59 Å². The third-order valence-corrected chi connectivity index (χ3v) is 4.13. The summed E-state index contributed by atoms with van der Waals surface area (Å²) in [5, 5.41) is 11.7. The van der Waals surface area contributed by atoms with Gasteiger partial charge in [-0.15, -0.1) is 0 Å². The minimum Gasteiger partial charge on any atom is -0.467 e. The molecule has 0 saturated carbocycles. The van der Waals surface area contributed by atoms with Gasteiger partial charge < -0.3 is 19.9 Å². The second-order valence-corrected chi connectivity index (χ2v) is 6.97. The molecular weight excluding hydrogens is 316 g/mol. The summed E-state index contributed by atoms with van der Waals surface area (Å²) in [7, 11) is 1.17. The Labute approximate surface area is 140 Å². The minimum atomic E-state index is -1.20. The lowest BCUT2D eigenvalue weighted by Gasteiger charge is -2.35. The van der Waals surface area contributed by atoms with Crippen molar-refractivity contribution in [2.45, 2.75) is 56.8 Å². The number of nitrogens with zero attached hydrogens (tertiary/aromatic N) is 1. The molecule has 0 aromatic heterocycles. The summed E-state index contributed by atoms with van der Waals surface area (Å²) in [6.07, 6.45) is 3.93. The van der Waals surface area contributed by atoms with Gasteiger partial charge in [0.2, 0.25) is 0 Å². The Morgan fingerprint density at radius 1 is 1.42 bits per heavy atom. The van der Waals surface area contributed by atoms with Gasteiger partial charge in [0, 0.05) is 0 Å². The molecule has 0 spiro atoms. The maximum atomic E-state index is 12.8. The van der Waals surface area contributed by atoms with Crippen molar-refractivity contribution in [3.63, 3.8) is 0 Å². The predicted octanol–water partition coefficient (Wildman–Crippen LogP) is 0.345. The van der Waals surface area contributed by atoms with Gasteiger partial charge in [-0.2, -0.15) is 0 Å². The Balaban J connectivity index is 2.19. The molecule has 2 bridgehead atoms. The van der Waals surface area contributed by atoms with Gasteiger partial charge in [-0.3, -0.25) is 9.69 Å². The molecular formula is C16H24N2O6. The molecule has 1 saturated heterocycles. The van der Waals surface area contributed by atoms with Gasteiger partial charge >= 0.3 is 12.1 Å². The second-order valence-electron chi connectivity index (χ2n) is 6.97. The summed E-state index contributed by atoms with van der Waals surface area (Å²) in [6, 6.07) is -1.39. The van der Waals surface area contributed by atoms with Crippen molar-refractivity contribution >= 4 is 18.0 Å². The molecule has 2 amide bonds. The zero-order chi connectivity index (χ0) is 18.1. The van der Waals surface area contributed by atoms with Gasteiger partial charge in [0.25, 0.3) is 5.91 Å². The van der Waals surface area contributed by atoms with E-state index in [2.05, 4.69) is 10.1 Å². The van der Waals surface area contributed by atoms with Crippen LogP contribution in [-0.4, -0.2) is 64.9 Å². The highest BCUT2D eigenvalue weighted by molar-refractivity contribution is 5.96. The number of carbonyl (C=O) groups excluding carboxylic acids is 3. The summed E-state index contributed by atoms with van der Waals surface area (Å²) in [5.41, 5.74) is -1.88. The molecule has 2 rings (SSSR count). The van der Waals surface area contributed by atoms with Crippen molar-refractivity contribution in [2.75, 3.05) is 13.7 Å². The summed E-state index contributed by atoms with van der Waals surface area (Å²) in [5.74, 6) is -1.28. The zero-order valence-corrected chi connectivity index (χ0v) is 14.4. The highest BCUT2D eigenvalue weighted by Gasteiger charge is 2.57. The second kappa shape index (κ2) is 6.43. The van der Waals surface area contributed by atoms with Crippen LogP contribution in [-0.2, 0) is 19.1 Å². The molecule has 8 heteroatoms. The number of aliphatic hydroxyl groups is 1. The van der Waals surface area contributed by atoms with E-state index < -0.39 is 41.8 Å². The van der Waals surface area contributed by atoms with Crippen molar-refractivity contribution in [1.82, 2.24) is 10.2 Å². The fourth-order valence-corrected chi connectivity index (χ4v) is 3.04. The van der Waals surface area contributed by atoms with Gasteiger partial charge in [0.05, 0.1) is 19.8 Å². The fourth-order valence-electron chi connectivity index (χ4n) is 3.04. The van der Waals surface area contributed by atoms with Gasteiger partial charge in [-0.1, -0.05) is 12.2 Å². The van der Waals surface area contributed by atoms with E-state index in [1.165, 1.54) is 12.0 Å². The first-order valence-corrected chi connectivity index (χ1v) is 7.86. The van der Waals surface area contributed by atoms with E-state index in [1.54, 1.807) is 32.9 Å². The molecule has 1 fully saturated rings. The van der Waals surface area contributed by atoms with E-state index in [0.29, 0.717) is 12.8 Å². The van der Waals surface area contributed by atoms with E-state index >= 15 is 0 Å². The predicted molar refractivity (Wildman–Crippen MR) is 84.0 cm³/mol. The summed E-state index contributed by atoms with van der Waals surface area (Å²) in [6.45, 7) is 4.67. The molecule has 3 atom stereocenters. The summed E-state index contributed by atoms with van der Waals surface area (Å²) >= 11 is 0. The van der Waals surface area contributed by atoms with Crippen LogP contribution in [0.3, 0.4) is 0 Å². The smallest absolute Gasteiger partial charge is 0.411 e. The SMILES string of the molecule is COC(=O)[C@H](CO)NC(=O)C12C=CC(CC1)N2C(=O)OC(C)(C)C. The average Bonchev–Trinajstić information content (AvgIpc) is 3.06. The van der Waals surface area contributed by atoms with Crippen molar-refractivity contribution < 1.29 is 29.0 Å². The molecule has 0 aromatic carbocycles. The van der Waals surface area contributed by atoms with Crippen LogP contribution in [0.5, 0.6) is 0 Å². The number of rotatable bonds is 4. The Morgan fingerprint density at radius 3 is 2.54 bits per heavy atom. The van der Waals surface area contributed by atoms with Crippen LogP contribution in [0.25, 0.3) is 0 Å². The Morgan fingerprint density at radius 2 is 2.08 bits per heavy atom. The van der Waals surface area contributed by atoms with E-state index in [4.69, 9.17) is 4.74 Å². The van der Waals surface area contributed by atoms with E-state index in [-0.39, 0.29) is 6.04 Å². The van der Waals surface area contributed by atoms with Crippen LogP contribution in [0.15, 0.2) is 12.2 Å². The standard InChI is InChI=1S/C16H24N2O6/c1-15(2,3)24-14(22)18-10-5-7-16(18,8-6-10)13(21)17-11(9-19)12(20)23-4/h5,7,10-11,19H,6,8-9H2,1-4H3,(H,17,21)/t10?,11-,16?/m0/s1. The molecule has 24 heavy (non-hydrogen) atoms. The minimum absolute atomic E-state index is 0.212. The molecule has 2 unspecified atom stereocenters. The average molecular weight is 340 g/mol. The Kier molecular flexibility index (Phi) is 4.89. The van der Waals surface area contributed by atoms with Crippen LogP contribution < -0.4 is 5.32 Å². The van der Waals surface area contributed by atoms with Crippen LogP contribution in [0.2, 0.25) is 0 Å². The van der Waals surface area contributed by atoms with E-state index in [0.717, 1.165) is 0 Å². The van der Waals surface area contributed by atoms with E-state index in [1.807, 2.05) is 0 Å². The van der Waals surface area contributed by atoms with Crippen LogP contribution in [0.1, 0.15) is 33.6 Å². The molecule has 0 aliphatic carbocycles. The molecule has 2 N–H and O–H groups in total. The molecule has 0 aromatic rings. The quantitative estimate of drug-likeness (QED) is 0.565. The molecule has 2 heterocycles. The molecule has 0 radical (unpaired) electrons. The monoisotopic (exact) mass is 340 g/mol. The third kappa shape index (κ3) is 3.24. The highest BCUT2D eigenvalue weighted by Crippen LogP contribution is 2.42.